The molecule has 0 heterocycles. The van der Waals surface area contributed by atoms with E-state index < -0.39 is 5.91 Å². The quantitative estimate of drug-likeness (QED) is 0.535. The number of carbonyl (C=O) groups is 2. The Morgan fingerprint density at radius 2 is 1.93 bits per heavy atom. The van der Waals surface area contributed by atoms with Crippen LogP contribution >= 0.6 is 11.6 Å². The van der Waals surface area contributed by atoms with Crippen molar-refractivity contribution < 1.29 is 19.1 Å². The van der Waals surface area contributed by atoms with Crippen LogP contribution in [0, 0.1) is 6.92 Å². The summed E-state index contributed by atoms with van der Waals surface area (Å²) in [5, 5.41) is 4.16. The fourth-order valence-corrected chi connectivity index (χ4v) is 2.42. The Hall–Kier alpha value is -3.06. The minimum atomic E-state index is -0.627. The second-order valence-corrected chi connectivity index (χ2v) is 5.99. The minimum absolute atomic E-state index is 0.221. The van der Waals surface area contributed by atoms with Crippen molar-refractivity contribution in [3.63, 3.8) is 0 Å². The summed E-state index contributed by atoms with van der Waals surface area (Å²) in [6.07, 6.45) is 1.43. The Morgan fingerprint density at radius 1 is 1.22 bits per heavy atom. The highest BCUT2D eigenvalue weighted by Crippen LogP contribution is 2.36. The van der Waals surface area contributed by atoms with Crippen LogP contribution in [0.25, 0.3) is 0 Å². The van der Waals surface area contributed by atoms with Gasteiger partial charge in [-0.1, -0.05) is 29.3 Å². The van der Waals surface area contributed by atoms with E-state index in [-0.39, 0.29) is 23.3 Å². The number of carbonyl (C=O) groups excluding carboxylic acids is 2. The maximum atomic E-state index is 12.0. The molecule has 3 N–H and O–H groups in total. The topological polar surface area (TPSA) is 103 Å². The first kappa shape index (κ1) is 20.3. The molecule has 2 rings (SSSR count). The summed E-state index contributed by atoms with van der Waals surface area (Å²) in [5.74, 6) is -0.391. The lowest BCUT2D eigenvalue weighted by Gasteiger charge is -2.13. The molecule has 0 unspecified atom stereocenters. The van der Waals surface area contributed by atoms with Crippen LogP contribution in [0.15, 0.2) is 41.5 Å². The van der Waals surface area contributed by atoms with E-state index in [0.29, 0.717) is 23.5 Å². The number of hydrogen-bond acceptors (Lipinski definition) is 5. The van der Waals surface area contributed by atoms with Gasteiger partial charge < -0.3 is 15.2 Å². The highest BCUT2D eigenvalue weighted by Gasteiger charge is 2.13. The summed E-state index contributed by atoms with van der Waals surface area (Å²) in [4.78, 5) is 23.0. The van der Waals surface area contributed by atoms with Crippen molar-refractivity contribution >= 4 is 29.6 Å². The first-order chi connectivity index (χ1) is 12.9. The number of amides is 2. The molecule has 0 aliphatic carbocycles. The summed E-state index contributed by atoms with van der Waals surface area (Å²) >= 11 is 6.20. The molecule has 27 heavy (non-hydrogen) atoms. The molecule has 0 saturated heterocycles. The van der Waals surface area contributed by atoms with Crippen LogP contribution in [0.3, 0.4) is 0 Å². The summed E-state index contributed by atoms with van der Waals surface area (Å²) in [6, 6.07) is 10.3. The predicted molar refractivity (Wildman–Crippen MR) is 104 cm³/mol. The highest BCUT2D eigenvalue weighted by molar-refractivity contribution is 6.32. The number of hydrazone groups is 1. The summed E-state index contributed by atoms with van der Waals surface area (Å²) in [5.41, 5.74) is 9.68. The molecule has 0 atom stereocenters. The SMILES string of the molecule is CCOc1cc(/C=N/NC(=O)c2ccc(C)cc2)cc(Cl)c1OCC(N)=O. The molecular formula is C19H20ClN3O4. The van der Waals surface area contributed by atoms with E-state index in [1.54, 1.807) is 31.2 Å². The maximum absolute atomic E-state index is 12.0. The van der Waals surface area contributed by atoms with Crippen molar-refractivity contribution in [3.8, 4) is 11.5 Å². The number of rotatable bonds is 8. The molecule has 2 aromatic carbocycles. The molecule has 0 fully saturated rings. The monoisotopic (exact) mass is 389 g/mol. The van der Waals surface area contributed by atoms with Gasteiger partial charge >= 0.3 is 0 Å². The third-order valence-corrected chi connectivity index (χ3v) is 3.66. The molecule has 142 valence electrons. The van der Waals surface area contributed by atoms with Crippen molar-refractivity contribution in [1.82, 2.24) is 5.43 Å². The zero-order valence-corrected chi connectivity index (χ0v) is 15.7. The molecule has 2 amide bonds. The first-order valence-corrected chi connectivity index (χ1v) is 8.56. The van der Waals surface area contributed by atoms with Crippen LogP contribution in [-0.4, -0.2) is 31.2 Å². The Bertz CT molecular complexity index is 851. The van der Waals surface area contributed by atoms with Gasteiger partial charge in [-0.05, 0) is 43.7 Å². The van der Waals surface area contributed by atoms with Gasteiger partial charge in [0.05, 0.1) is 17.8 Å². The third-order valence-electron chi connectivity index (χ3n) is 3.38. The van der Waals surface area contributed by atoms with Crippen molar-refractivity contribution in [2.24, 2.45) is 10.8 Å². The van der Waals surface area contributed by atoms with E-state index in [1.165, 1.54) is 6.21 Å². The van der Waals surface area contributed by atoms with E-state index in [2.05, 4.69) is 10.5 Å². The first-order valence-electron chi connectivity index (χ1n) is 8.18. The number of ether oxygens (including phenoxy) is 2. The third kappa shape index (κ3) is 6.00. The molecule has 0 saturated carbocycles. The van der Waals surface area contributed by atoms with Gasteiger partial charge in [0.1, 0.15) is 0 Å². The number of halogens is 1. The Kier molecular flexibility index (Phi) is 7.19. The molecule has 0 aliphatic heterocycles. The summed E-state index contributed by atoms with van der Waals surface area (Å²) in [6.45, 7) is 3.79. The lowest BCUT2D eigenvalue weighted by atomic mass is 10.1. The van der Waals surface area contributed by atoms with Crippen molar-refractivity contribution in [2.45, 2.75) is 13.8 Å². The van der Waals surface area contributed by atoms with Gasteiger partial charge in [-0.15, -0.1) is 0 Å². The number of hydrogen-bond donors (Lipinski definition) is 2. The van der Waals surface area contributed by atoms with E-state index in [0.717, 1.165) is 5.56 Å². The standard InChI is InChI=1S/C19H20ClN3O4/c1-3-26-16-9-13(8-15(20)18(16)27-11-17(21)24)10-22-23-19(25)14-6-4-12(2)5-7-14/h4-10H,3,11H2,1-2H3,(H2,21,24)(H,23,25)/b22-10+. The molecule has 2 aromatic rings. The van der Waals surface area contributed by atoms with Gasteiger partial charge in [0.2, 0.25) is 0 Å². The molecule has 0 aliphatic rings. The highest BCUT2D eigenvalue weighted by atomic mass is 35.5. The molecule has 7 nitrogen and oxygen atoms in total. The largest absolute Gasteiger partial charge is 0.490 e. The van der Waals surface area contributed by atoms with Crippen LogP contribution in [-0.2, 0) is 4.79 Å². The van der Waals surface area contributed by atoms with Gasteiger partial charge in [-0.25, -0.2) is 5.43 Å². The van der Waals surface area contributed by atoms with Gasteiger partial charge in [0.15, 0.2) is 18.1 Å². The van der Waals surface area contributed by atoms with Gasteiger partial charge in [-0.3, -0.25) is 9.59 Å². The van der Waals surface area contributed by atoms with Crippen molar-refractivity contribution in [2.75, 3.05) is 13.2 Å². The van der Waals surface area contributed by atoms with E-state index in [1.807, 2.05) is 19.1 Å². The molecule has 0 aromatic heterocycles. The molecule has 0 bridgehead atoms. The van der Waals surface area contributed by atoms with Gasteiger partial charge in [-0.2, -0.15) is 5.10 Å². The number of nitrogens with one attached hydrogen (secondary N) is 1. The molecule has 8 heteroatoms. The Labute approximate surface area is 162 Å². The van der Waals surface area contributed by atoms with Gasteiger partial charge in [0.25, 0.3) is 11.8 Å². The van der Waals surface area contributed by atoms with Crippen LogP contribution in [0.1, 0.15) is 28.4 Å². The second kappa shape index (κ2) is 9.59. The summed E-state index contributed by atoms with van der Waals surface area (Å²) in [7, 11) is 0. The fraction of sp³-hybridized carbons (Fsp3) is 0.211. The average Bonchev–Trinajstić information content (AvgIpc) is 2.61. The predicted octanol–water partition coefficient (Wildman–Crippen LogP) is 2.68. The number of primary amides is 1. The lowest BCUT2D eigenvalue weighted by Crippen LogP contribution is -2.20. The van der Waals surface area contributed by atoms with Crippen LogP contribution in [0.2, 0.25) is 5.02 Å². The van der Waals surface area contributed by atoms with Crippen LogP contribution in [0.4, 0.5) is 0 Å². The molecule has 0 spiro atoms. The zero-order chi connectivity index (χ0) is 19.8. The Morgan fingerprint density at radius 3 is 2.56 bits per heavy atom. The lowest BCUT2D eigenvalue weighted by molar-refractivity contribution is -0.119. The molecule has 0 radical (unpaired) electrons. The van der Waals surface area contributed by atoms with E-state index >= 15 is 0 Å². The van der Waals surface area contributed by atoms with E-state index in [4.69, 9.17) is 26.8 Å². The van der Waals surface area contributed by atoms with E-state index in [9.17, 15) is 9.59 Å². The van der Waals surface area contributed by atoms with Crippen LogP contribution in [0.5, 0.6) is 11.5 Å². The van der Waals surface area contributed by atoms with Crippen molar-refractivity contribution in [1.29, 1.82) is 0 Å². The minimum Gasteiger partial charge on any atom is -0.490 e. The smallest absolute Gasteiger partial charge is 0.271 e. The maximum Gasteiger partial charge on any atom is 0.271 e. The number of nitrogens with zero attached hydrogens (tertiary/aromatic N) is 1. The van der Waals surface area contributed by atoms with Crippen LogP contribution < -0.4 is 20.6 Å². The average molecular weight is 390 g/mol. The Balaban J connectivity index is 2.12. The van der Waals surface area contributed by atoms with Gasteiger partial charge in [0, 0.05) is 5.56 Å². The summed E-state index contributed by atoms with van der Waals surface area (Å²) < 4.78 is 10.8. The van der Waals surface area contributed by atoms with Crippen molar-refractivity contribution in [3.05, 3.63) is 58.1 Å². The second-order valence-electron chi connectivity index (χ2n) is 5.58. The fourth-order valence-electron chi connectivity index (χ4n) is 2.14. The zero-order valence-electron chi connectivity index (χ0n) is 15.0. The normalized spacial score (nSPS) is 10.6. The number of nitrogens with two attached hydrogens (primary N) is 1. The molecular weight excluding hydrogens is 370 g/mol. The number of aryl methyl sites for hydroxylation is 1. The number of benzene rings is 2.